The van der Waals surface area contributed by atoms with Crippen molar-refractivity contribution >= 4 is 16.0 Å². The number of aliphatic imine (C=N–C) groups is 1. The van der Waals surface area contributed by atoms with E-state index in [2.05, 4.69) is 26.9 Å². The molecule has 128 valence electrons. The van der Waals surface area contributed by atoms with E-state index in [-0.39, 0.29) is 11.8 Å². The maximum atomic E-state index is 12.1. The second-order valence-corrected chi connectivity index (χ2v) is 7.15. The van der Waals surface area contributed by atoms with E-state index in [0.29, 0.717) is 19.0 Å². The van der Waals surface area contributed by atoms with Crippen molar-refractivity contribution in [3.63, 3.8) is 0 Å². The quantitative estimate of drug-likeness (QED) is 0.380. The van der Waals surface area contributed by atoms with Crippen molar-refractivity contribution in [2.45, 2.75) is 32.2 Å². The first-order valence-electron chi connectivity index (χ1n) is 7.50. The molecule has 0 fully saturated rings. The number of nitrogens with one attached hydrogen (secondary N) is 3. The second kappa shape index (κ2) is 9.32. The van der Waals surface area contributed by atoms with Gasteiger partial charge in [-0.25, -0.2) is 13.1 Å². The average molecular weight is 338 g/mol. The molecule has 6 nitrogen and oxygen atoms in total. The van der Waals surface area contributed by atoms with Crippen LogP contribution in [0.1, 0.15) is 25.0 Å². The van der Waals surface area contributed by atoms with Gasteiger partial charge in [-0.2, -0.15) is 0 Å². The molecule has 0 spiro atoms. The molecule has 0 aromatic heterocycles. The Morgan fingerprint density at radius 1 is 1.26 bits per heavy atom. The van der Waals surface area contributed by atoms with Crippen molar-refractivity contribution < 1.29 is 8.42 Å². The summed E-state index contributed by atoms with van der Waals surface area (Å²) in [4.78, 5) is 4.10. The highest BCUT2D eigenvalue weighted by molar-refractivity contribution is 7.88. The molecule has 3 N–H and O–H groups in total. The van der Waals surface area contributed by atoms with Crippen LogP contribution in [0.4, 0.5) is 0 Å². The van der Waals surface area contributed by atoms with E-state index < -0.39 is 10.0 Å². The lowest BCUT2D eigenvalue weighted by atomic mass is 10.1. The second-order valence-electron chi connectivity index (χ2n) is 5.40. The lowest BCUT2D eigenvalue weighted by Crippen LogP contribution is -2.37. The summed E-state index contributed by atoms with van der Waals surface area (Å²) in [7, 11) is -1.67. The van der Waals surface area contributed by atoms with Crippen molar-refractivity contribution in [2.75, 3.05) is 13.6 Å². The van der Waals surface area contributed by atoms with Gasteiger partial charge in [0.2, 0.25) is 10.0 Å². The predicted octanol–water partition coefficient (Wildman–Crippen LogP) is 1.37. The number of rotatable bonds is 8. The Hall–Kier alpha value is -1.86. The highest BCUT2D eigenvalue weighted by Gasteiger charge is 2.15. The highest BCUT2D eigenvalue weighted by Crippen LogP contribution is 2.12. The van der Waals surface area contributed by atoms with Crippen LogP contribution >= 0.6 is 0 Å². The minimum absolute atomic E-state index is 0.0400. The van der Waals surface area contributed by atoms with Crippen LogP contribution in [-0.2, 0) is 22.3 Å². The molecule has 23 heavy (non-hydrogen) atoms. The first-order valence-corrected chi connectivity index (χ1v) is 9.15. The Kier molecular flexibility index (Phi) is 7.77. The van der Waals surface area contributed by atoms with Crippen molar-refractivity contribution in [3.8, 4) is 0 Å². The first-order chi connectivity index (χ1) is 10.9. The molecule has 0 aliphatic carbocycles. The van der Waals surface area contributed by atoms with Crippen LogP contribution in [0.5, 0.6) is 0 Å². The van der Waals surface area contributed by atoms with Crippen LogP contribution in [0.2, 0.25) is 0 Å². The number of benzene rings is 1. The fourth-order valence-corrected chi connectivity index (χ4v) is 3.54. The largest absolute Gasteiger partial charge is 0.353 e. The molecule has 1 aromatic carbocycles. The summed E-state index contributed by atoms with van der Waals surface area (Å²) < 4.78 is 26.8. The van der Waals surface area contributed by atoms with Crippen molar-refractivity contribution in [1.29, 1.82) is 0 Å². The molecule has 0 saturated heterocycles. The summed E-state index contributed by atoms with van der Waals surface area (Å²) >= 11 is 0. The fraction of sp³-hybridized carbons (Fsp3) is 0.438. The zero-order valence-corrected chi connectivity index (χ0v) is 14.8. The van der Waals surface area contributed by atoms with Gasteiger partial charge < -0.3 is 10.6 Å². The minimum Gasteiger partial charge on any atom is -0.353 e. The maximum absolute atomic E-state index is 12.1. The molecule has 0 aliphatic rings. The summed E-state index contributed by atoms with van der Waals surface area (Å²) in [6.07, 6.45) is 1.74. The fourth-order valence-electron chi connectivity index (χ4n) is 2.04. The van der Waals surface area contributed by atoms with Crippen LogP contribution in [0.3, 0.4) is 0 Å². The normalized spacial score (nSPS) is 12.3. The lowest BCUT2D eigenvalue weighted by molar-refractivity contribution is 0.568. The Bertz CT molecular complexity index is 639. The van der Waals surface area contributed by atoms with Crippen LogP contribution in [0.15, 0.2) is 41.9 Å². The monoisotopic (exact) mass is 338 g/mol. The van der Waals surface area contributed by atoms with E-state index in [1.165, 1.54) is 0 Å². The lowest BCUT2D eigenvalue weighted by Gasteiger charge is -2.15. The van der Waals surface area contributed by atoms with E-state index >= 15 is 0 Å². The van der Waals surface area contributed by atoms with E-state index in [0.717, 1.165) is 11.1 Å². The molecule has 1 aromatic rings. The summed E-state index contributed by atoms with van der Waals surface area (Å²) in [6.45, 7) is 8.35. The zero-order valence-electron chi connectivity index (χ0n) is 14.0. The first kappa shape index (κ1) is 19.2. The van der Waals surface area contributed by atoms with Gasteiger partial charge in [-0.05, 0) is 25.0 Å². The van der Waals surface area contributed by atoms with Crippen molar-refractivity contribution in [3.05, 3.63) is 48.0 Å². The summed E-state index contributed by atoms with van der Waals surface area (Å²) in [5.41, 5.74) is 1.69. The summed E-state index contributed by atoms with van der Waals surface area (Å²) in [5, 5.41) is 6.24. The third-order valence-electron chi connectivity index (χ3n) is 2.96. The van der Waals surface area contributed by atoms with E-state index in [1.807, 2.05) is 24.3 Å². The molecule has 0 heterocycles. The molecule has 0 aliphatic heterocycles. The molecular weight excluding hydrogens is 312 g/mol. The SMILES string of the molecule is C=CCNC(=NC)NCc1ccccc1CS(=O)(=O)NC(C)C. The van der Waals surface area contributed by atoms with Gasteiger partial charge in [-0.1, -0.05) is 30.3 Å². The van der Waals surface area contributed by atoms with Gasteiger partial charge in [0.05, 0.1) is 5.75 Å². The van der Waals surface area contributed by atoms with Crippen LogP contribution in [0, 0.1) is 0 Å². The minimum atomic E-state index is -3.35. The third-order valence-corrected chi connectivity index (χ3v) is 4.48. The van der Waals surface area contributed by atoms with Gasteiger partial charge in [0.25, 0.3) is 0 Å². The van der Waals surface area contributed by atoms with E-state index in [1.54, 1.807) is 27.0 Å². The molecule has 1 rings (SSSR count). The third kappa shape index (κ3) is 7.30. The number of hydrogen-bond acceptors (Lipinski definition) is 3. The molecule has 0 radical (unpaired) electrons. The van der Waals surface area contributed by atoms with Crippen molar-refractivity contribution in [1.82, 2.24) is 15.4 Å². The predicted molar refractivity (Wildman–Crippen MR) is 95.7 cm³/mol. The van der Waals surface area contributed by atoms with Gasteiger partial charge in [0.15, 0.2) is 5.96 Å². The Labute approximate surface area is 139 Å². The van der Waals surface area contributed by atoms with E-state index in [9.17, 15) is 8.42 Å². The highest BCUT2D eigenvalue weighted by atomic mass is 32.2. The van der Waals surface area contributed by atoms with Gasteiger partial charge in [-0.3, -0.25) is 4.99 Å². The molecule has 0 unspecified atom stereocenters. The maximum Gasteiger partial charge on any atom is 0.216 e. The number of nitrogens with zero attached hydrogens (tertiary/aromatic N) is 1. The average Bonchev–Trinajstić information content (AvgIpc) is 2.47. The van der Waals surface area contributed by atoms with Crippen molar-refractivity contribution in [2.24, 2.45) is 4.99 Å². The Balaban J connectivity index is 2.79. The van der Waals surface area contributed by atoms with Crippen LogP contribution < -0.4 is 15.4 Å². The molecule has 0 saturated carbocycles. The van der Waals surface area contributed by atoms with Crippen LogP contribution in [-0.4, -0.2) is 34.0 Å². The topological polar surface area (TPSA) is 82.6 Å². The Morgan fingerprint density at radius 3 is 2.48 bits per heavy atom. The standard InChI is InChI=1S/C16H26N4O2S/c1-5-10-18-16(17-4)19-11-14-8-6-7-9-15(14)12-23(21,22)20-13(2)3/h5-9,13,20H,1,10-12H2,2-4H3,(H2,17,18,19). The number of guanidine groups is 1. The summed E-state index contributed by atoms with van der Waals surface area (Å²) in [6, 6.07) is 7.36. The number of sulfonamides is 1. The summed E-state index contributed by atoms with van der Waals surface area (Å²) in [5.74, 6) is 0.602. The smallest absolute Gasteiger partial charge is 0.216 e. The number of hydrogen-bond donors (Lipinski definition) is 3. The molecule has 0 atom stereocenters. The van der Waals surface area contributed by atoms with Gasteiger partial charge in [0, 0.05) is 26.2 Å². The zero-order chi connectivity index (χ0) is 17.3. The molecule has 0 amide bonds. The van der Waals surface area contributed by atoms with Crippen LogP contribution in [0.25, 0.3) is 0 Å². The van der Waals surface area contributed by atoms with E-state index in [4.69, 9.17) is 0 Å². The molecule has 0 bridgehead atoms. The Morgan fingerprint density at radius 2 is 1.91 bits per heavy atom. The van der Waals surface area contributed by atoms with Gasteiger partial charge >= 0.3 is 0 Å². The van der Waals surface area contributed by atoms with Gasteiger partial charge in [0.1, 0.15) is 0 Å². The molecular formula is C16H26N4O2S. The molecule has 7 heteroatoms. The van der Waals surface area contributed by atoms with Gasteiger partial charge in [-0.15, -0.1) is 6.58 Å².